The summed E-state index contributed by atoms with van der Waals surface area (Å²) < 4.78 is 10.2. The number of ether oxygens (including phenoxy) is 2. The molecule has 1 aromatic heterocycles. The second-order valence-corrected chi connectivity index (χ2v) is 5.58. The first kappa shape index (κ1) is 19.2. The molecular formula is C19H22N4O3. The number of carbonyl (C=O) groups is 1. The lowest BCUT2D eigenvalue weighted by molar-refractivity contribution is -0.117. The van der Waals surface area contributed by atoms with Gasteiger partial charge in [0.05, 0.1) is 6.04 Å². The maximum atomic E-state index is 12.5. The average molecular weight is 354 g/mol. The first-order valence-electron chi connectivity index (χ1n) is 8.31. The zero-order valence-electron chi connectivity index (χ0n) is 14.9. The summed E-state index contributed by atoms with van der Waals surface area (Å²) in [6, 6.07) is 9.18. The van der Waals surface area contributed by atoms with Crippen molar-refractivity contribution in [3.8, 4) is 11.8 Å². The molecule has 0 spiro atoms. The highest BCUT2D eigenvalue weighted by atomic mass is 16.7. The number of nitriles is 1. The van der Waals surface area contributed by atoms with Gasteiger partial charge in [0, 0.05) is 25.6 Å². The zero-order valence-corrected chi connectivity index (χ0v) is 14.9. The van der Waals surface area contributed by atoms with E-state index in [0.29, 0.717) is 11.6 Å². The number of hydrogen-bond acceptors (Lipinski definition) is 5. The zero-order chi connectivity index (χ0) is 18.8. The Hall–Kier alpha value is -3.11. The molecule has 0 aliphatic heterocycles. The summed E-state index contributed by atoms with van der Waals surface area (Å²) in [5, 5.41) is 12.2. The molecule has 1 aromatic carbocycles. The molecule has 136 valence electrons. The molecule has 1 unspecified atom stereocenters. The Morgan fingerprint density at radius 2 is 2.19 bits per heavy atom. The van der Waals surface area contributed by atoms with Gasteiger partial charge in [-0.1, -0.05) is 25.5 Å². The summed E-state index contributed by atoms with van der Waals surface area (Å²) in [7, 11) is 1.56. The van der Waals surface area contributed by atoms with Gasteiger partial charge in [0.25, 0.3) is 5.91 Å². The van der Waals surface area contributed by atoms with E-state index < -0.39 is 5.91 Å². The first-order chi connectivity index (χ1) is 12.7. The summed E-state index contributed by atoms with van der Waals surface area (Å²) in [5.74, 6) is 0.720. The van der Waals surface area contributed by atoms with E-state index in [9.17, 15) is 10.1 Å². The molecule has 2 N–H and O–H groups in total. The van der Waals surface area contributed by atoms with Crippen molar-refractivity contribution in [2.24, 2.45) is 0 Å². The third-order valence-corrected chi connectivity index (χ3v) is 3.67. The number of aromatic nitrogens is 2. The van der Waals surface area contributed by atoms with E-state index in [1.54, 1.807) is 19.5 Å². The van der Waals surface area contributed by atoms with Crippen LogP contribution >= 0.6 is 0 Å². The average Bonchev–Trinajstić information content (AvgIpc) is 3.17. The molecule has 0 fully saturated rings. The lowest BCUT2D eigenvalue weighted by Crippen LogP contribution is -2.29. The lowest BCUT2D eigenvalue weighted by atomic mass is 10.0. The Morgan fingerprint density at radius 3 is 2.77 bits per heavy atom. The predicted octanol–water partition coefficient (Wildman–Crippen LogP) is 2.96. The van der Waals surface area contributed by atoms with Crippen LogP contribution in [0.4, 0.5) is 0 Å². The Balaban J connectivity index is 2.11. The summed E-state index contributed by atoms with van der Waals surface area (Å²) in [5.41, 5.74) is 0.946. The smallest absolute Gasteiger partial charge is 0.262 e. The van der Waals surface area contributed by atoms with E-state index in [-0.39, 0.29) is 18.4 Å². The van der Waals surface area contributed by atoms with E-state index in [4.69, 9.17) is 9.47 Å². The van der Waals surface area contributed by atoms with Crippen molar-refractivity contribution >= 4 is 12.0 Å². The number of imidazole rings is 1. The number of amides is 1. The highest BCUT2D eigenvalue weighted by Gasteiger charge is 2.17. The maximum absolute atomic E-state index is 12.5. The molecule has 2 aromatic rings. The molecule has 0 saturated heterocycles. The van der Waals surface area contributed by atoms with Crippen molar-refractivity contribution in [1.82, 2.24) is 15.3 Å². The molecule has 0 saturated carbocycles. The van der Waals surface area contributed by atoms with Gasteiger partial charge in [-0.2, -0.15) is 5.26 Å². The van der Waals surface area contributed by atoms with Gasteiger partial charge in [-0.05, 0) is 24.1 Å². The molecule has 1 amide bonds. The number of H-pyrrole nitrogens is 1. The fourth-order valence-electron chi connectivity index (χ4n) is 2.41. The quantitative estimate of drug-likeness (QED) is 0.410. The summed E-state index contributed by atoms with van der Waals surface area (Å²) in [6.07, 6.45) is 6.26. The number of carbonyl (C=O) groups excluding carboxylic acids is 1. The van der Waals surface area contributed by atoms with E-state index in [0.717, 1.165) is 18.4 Å². The fourth-order valence-corrected chi connectivity index (χ4v) is 2.41. The van der Waals surface area contributed by atoms with Crippen molar-refractivity contribution in [3.63, 3.8) is 0 Å². The Labute approximate surface area is 152 Å². The molecular weight excluding hydrogens is 332 g/mol. The van der Waals surface area contributed by atoms with Crippen molar-refractivity contribution in [1.29, 1.82) is 5.26 Å². The highest BCUT2D eigenvalue weighted by Crippen LogP contribution is 2.22. The normalized spacial score (nSPS) is 12.3. The van der Waals surface area contributed by atoms with Crippen LogP contribution in [0.15, 0.2) is 42.2 Å². The van der Waals surface area contributed by atoms with E-state index in [1.807, 2.05) is 37.3 Å². The molecule has 7 nitrogen and oxygen atoms in total. The minimum Gasteiger partial charge on any atom is -0.468 e. The molecule has 2 rings (SSSR count). The van der Waals surface area contributed by atoms with Crippen LogP contribution < -0.4 is 10.1 Å². The van der Waals surface area contributed by atoms with Crippen LogP contribution in [0.3, 0.4) is 0 Å². The third kappa shape index (κ3) is 5.46. The van der Waals surface area contributed by atoms with Crippen molar-refractivity contribution in [2.45, 2.75) is 25.8 Å². The van der Waals surface area contributed by atoms with Crippen LogP contribution in [0.1, 0.15) is 37.2 Å². The van der Waals surface area contributed by atoms with Crippen LogP contribution in [0, 0.1) is 11.3 Å². The molecule has 1 heterocycles. The number of nitrogens with zero attached hydrogens (tertiary/aromatic N) is 2. The number of methoxy groups -OCH3 is 1. The summed E-state index contributed by atoms with van der Waals surface area (Å²) >= 11 is 0. The van der Waals surface area contributed by atoms with Crippen LogP contribution in [0.5, 0.6) is 5.75 Å². The van der Waals surface area contributed by atoms with Crippen molar-refractivity contribution in [3.05, 3.63) is 53.6 Å². The SMILES string of the molecule is CCCC(NC(=O)C(C#N)=Cc1ncc[nH]1)c1ccc(OCOC)cc1. The van der Waals surface area contributed by atoms with Gasteiger partial charge in [-0.15, -0.1) is 0 Å². The topological polar surface area (TPSA) is 100 Å². The van der Waals surface area contributed by atoms with Gasteiger partial charge < -0.3 is 19.8 Å². The van der Waals surface area contributed by atoms with Gasteiger partial charge in [-0.25, -0.2) is 4.98 Å². The second kappa shape index (κ2) is 10.0. The molecule has 1 atom stereocenters. The van der Waals surface area contributed by atoms with E-state index in [1.165, 1.54) is 6.08 Å². The van der Waals surface area contributed by atoms with Gasteiger partial charge in [0.1, 0.15) is 23.2 Å². The standard InChI is InChI=1S/C19H22N4O3/c1-3-4-17(14-5-7-16(8-6-14)26-13-25-2)23-19(24)15(12-20)11-18-21-9-10-22-18/h5-11,17H,3-4,13H2,1-2H3,(H,21,22)(H,23,24). The Bertz CT molecular complexity index is 761. The molecule has 0 aliphatic carbocycles. The summed E-state index contributed by atoms with van der Waals surface area (Å²) in [6.45, 7) is 2.22. The number of rotatable bonds is 9. The molecule has 0 bridgehead atoms. The highest BCUT2D eigenvalue weighted by molar-refractivity contribution is 6.01. The Kier molecular flexibility index (Phi) is 7.40. The van der Waals surface area contributed by atoms with E-state index in [2.05, 4.69) is 15.3 Å². The fraction of sp³-hybridized carbons (Fsp3) is 0.316. The lowest BCUT2D eigenvalue weighted by Gasteiger charge is -2.19. The van der Waals surface area contributed by atoms with E-state index >= 15 is 0 Å². The van der Waals surface area contributed by atoms with Crippen LogP contribution in [-0.2, 0) is 9.53 Å². The molecule has 26 heavy (non-hydrogen) atoms. The van der Waals surface area contributed by atoms with Gasteiger partial charge in [0.2, 0.25) is 0 Å². The number of nitrogens with one attached hydrogen (secondary N) is 2. The molecule has 0 aliphatic rings. The minimum absolute atomic E-state index is 0.00102. The number of benzene rings is 1. The third-order valence-electron chi connectivity index (χ3n) is 3.67. The molecule has 0 radical (unpaired) electrons. The summed E-state index contributed by atoms with van der Waals surface area (Å²) in [4.78, 5) is 19.3. The Morgan fingerprint density at radius 1 is 1.42 bits per heavy atom. The predicted molar refractivity (Wildman–Crippen MR) is 96.9 cm³/mol. The second-order valence-electron chi connectivity index (χ2n) is 5.58. The van der Waals surface area contributed by atoms with Crippen molar-refractivity contribution < 1.29 is 14.3 Å². The first-order valence-corrected chi connectivity index (χ1v) is 8.31. The monoisotopic (exact) mass is 354 g/mol. The largest absolute Gasteiger partial charge is 0.468 e. The van der Waals surface area contributed by atoms with Gasteiger partial charge >= 0.3 is 0 Å². The van der Waals surface area contributed by atoms with Gasteiger partial charge in [0.15, 0.2) is 6.79 Å². The maximum Gasteiger partial charge on any atom is 0.262 e. The van der Waals surface area contributed by atoms with Gasteiger partial charge in [-0.3, -0.25) is 4.79 Å². The minimum atomic E-state index is -0.429. The van der Waals surface area contributed by atoms with Crippen LogP contribution in [-0.4, -0.2) is 29.8 Å². The van der Waals surface area contributed by atoms with Crippen molar-refractivity contribution in [2.75, 3.05) is 13.9 Å². The van der Waals surface area contributed by atoms with Crippen LogP contribution in [0.2, 0.25) is 0 Å². The number of aromatic amines is 1. The number of hydrogen-bond donors (Lipinski definition) is 2. The molecule has 7 heteroatoms. The van der Waals surface area contributed by atoms with Crippen LogP contribution in [0.25, 0.3) is 6.08 Å².